The molecule has 10 heteroatoms. The van der Waals surface area contributed by atoms with E-state index < -0.39 is 17.1 Å². The van der Waals surface area contributed by atoms with Crippen LogP contribution >= 0.6 is 39.0 Å². The number of carbonyl (C=O) groups is 2. The summed E-state index contributed by atoms with van der Waals surface area (Å²) in [7, 11) is 1.44. The Labute approximate surface area is 193 Å². The first-order valence-corrected chi connectivity index (χ1v) is 11.8. The zero-order chi connectivity index (χ0) is 21.9. The maximum atomic E-state index is 13.6. The fourth-order valence-electron chi connectivity index (χ4n) is 4.11. The van der Waals surface area contributed by atoms with E-state index in [0.29, 0.717) is 21.2 Å². The molecule has 0 bridgehead atoms. The number of carbonyl (C=O) groups excluding carboxylic acids is 2. The Morgan fingerprint density at radius 1 is 1.10 bits per heavy atom. The van der Waals surface area contributed by atoms with Crippen molar-refractivity contribution >= 4 is 56.5 Å². The van der Waals surface area contributed by atoms with Crippen LogP contribution in [0.4, 0.5) is 5.69 Å². The summed E-state index contributed by atoms with van der Waals surface area (Å²) >= 11 is 5.63. The van der Waals surface area contributed by atoms with Crippen LogP contribution in [0.2, 0.25) is 0 Å². The number of thioether (sulfide) groups is 1. The van der Waals surface area contributed by atoms with E-state index in [1.165, 1.54) is 29.8 Å². The maximum absolute atomic E-state index is 13.6. The Morgan fingerprint density at radius 2 is 1.84 bits per heavy atom. The third-order valence-corrected chi connectivity index (χ3v) is 8.40. The van der Waals surface area contributed by atoms with Crippen molar-refractivity contribution in [3.8, 4) is 11.5 Å². The van der Waals surface area contributed by atoms with Gasteiger partial charge in [-0.1, -0.05) is 45.1 Å². The third-order valence-electron chi connectivity index (χ3n) is 5.47. The molecule has 0 aliphatic carbocycles. The Bertz CT molecular complexity index is 1270. The molecule has 7 nitrogen and oxygen atoms in total. The topological polar surface area (TPSA) is 99.7 Å². The third kappa shape index (κ3) is 3.20. The van der Waals surface area contributed by atoms with Crippen molar-refractivity contribution in [2.45, 2.75) is 16.2 Å². The van der Waals surface area contributed by atoms with Crippen molar-refractivity contribution in [1.82, 2.24) is 4.98 Å². The second-order valence-electron chi connectivity index (χ2n) is 7.17. The number of imide groups is 1. The number of halogens is 1. The van der Waals surface area contributed by atoms with Crippen LogP contribution in [-0.4, -0.2) is 34.3 Å². The first kappa shape index (κ1) is 20.3. The van der Waals surface area contributed by atoms with Crippen LogP contribution in [0, 0.1) is 5.92 Å². The zero-order valence-corrected chi connectivity index (χ0v) is 19.2. The molecule has 3 aromatic rings. The van der Waals surface area contributed by atoms with Gasteiger partial charge in [0.1, 0.15) is 5.25 Å². The van der Waals surface area contributed by atoms with Gasteiger partial charge in [-0.25, -0.2) is 4.90 Å². The van der Waals surface area contributed by atoms with Gasteiger partial charge in [-0.15, -0.1) is 0 Å². The minimum Gasteiger partial charge on any atom is -0.504 e. The standard InChI is InChI=1S/C21H15BrN2O5S2/c1-29-13-8-9(2-7-12(13)25)14-15-17(30-18-16(14)31-21(28)23-18)20(27)24(19(15)26)11-5-3-10(22)4-6-11/h2-8,14-15,17,25H,1H3,(H,23,28)/t14-,15+,17+/m0/s1. The first-order chi connectivity index (χ1) is 14.9. The lowest BCUT2D eigenvalue weighted by atomic mass is 9.83. The van der Waals surface area contributed by atoms with Gasteiger partial charge in [-0.3, -0.25) is 14.4 Å². The molecule has 5 rings (SSSR count). The summed E-state index contributed by atoms with van der Waals surface area (Å²) in [5.74, 6) is -1.59. The molecule has 2 aromatic carbocycles. The second kappa shape index (κ2) is 7.54. The molecule has 31 heavy (non-hydrogen) atoms. The molecule has 0 unspecified atom stereocenters. The summed E-state index contributed by atoms with van der Waals surface area (Å²) in [6.07, 6.45) is 0. The number of anilines is 1. The van der Waals surface area contributed by atoms with Crippen LogP contribution in [0.3, 0.4) is 0 Å². The number of phenols is 1. The number of aromatic amines is 1. The summed E-state index contributed by atoms with van der Waals surface area (Å²) in [4.78, 5) is 43.5. The van der Waals surface area contributed by atoms with Crippen LogP contribution < -0.4 is 14.5 Å². The lowest BCUT2D eigenvalue weighted by Gasteiger charge is -2.30. The number of ether oxygens (including phenoxy) is 1. The molecule has 0 saturated carbocycles. The van der Waals surface area contributed by atoms with E-state index in [2.05, 4.69) is 20.9 Å². The molecule has 2 aliphatic heterocycles. The maximum Gasteiger partial charge on any atom is 0.305 e. The average Bonchev–Trinajstić information content (AvgIpc) is 3.24. The molecule has 1 fully saturated rings. The van der Waals surface area contributed by atoms with E-state index in [-0.39, 0.29) is 28.2 Å². The number of methoxy groups -OCH3 is 1. The molecule has 0 radical (unpaired) electrons. The van der Waals surface area contributed by atoms with E-state index >= 15 is 0 Å². The summed E-state index contributed by atoms with van der Waals surface area (Å²) in [5, 5.41) is 9.95. The molecule has 158 valence electrons. The summed E-state index contributed by atoms with van der Waals surface area (Å²) in [6, 6.07) is 11.8. The van der Waals surface area contributed by atoms with Crippen LogP contribution in [0.5, 0.6) is 11.5 Å². The number of hydrogen-bond donors (Lipinski definition) is 2. The van der Waals surface area contributed by atoms with E-state index in [0.717, 1.165) is 15.8 Å². The monoisotopic (exact) mass is 518 g/mol. The molecule has 2 amide bonds. The van der Waals surface area contributed by atoms with Crippen molar-refractivity contribution in [3.63, 3.8) is 0 Å². The van der Waals surface area contributed by atoms with E-state index in [9.17, 15) is 19.5 Å². The van der Waals surface area contributed by atoms with Crippen LogP contribution in [-0.2, 0) is 9.59 Å². The molecule has 0 spiro atoms. The van der Waals surface area contributed by atoms with Crippen molar-refractivity contribution < 1.29 is 19.4 Å². The van der Waals surface area contributed by atoms with Gasteiger partial charge in [0.15, 0.2) is 11.5 Å². The molecular weight excluding hydrogens is 504 g/mol. The SMILES string of the molecule is COc1cc([C@@H]2c3sc(=O)[nH]c3S[C@H]3C(=O)N(c4ccc(Br)cc4)C(=O)[C@H]23)ccc1O. The summed E-state index contributed by atoms with van der Waals surface area (Å²) < 4.78 is 6.09. The van der Waals surface area contributed by atoms with Gasteiger partial charge in [-0.05, 0) is 42.0 Å². The van der Waals surface area contributed by atoms with Gasteiger partial charge < -0.3 is 14.8 Å². The van der Waals surface area contributed by atoms with Gasteiger partial charge in [-0.2, -0.15) is 0 Å². The Hall–Kier alpha value is -2.56. The predicted octanol–water partition coefficient (Wildman–Crippen LogP) is 3.71. The van der Waals surface area contributed by atoms with E-state index in [1.807, 2.05) is 0 Å². The zero-order valence-electron chi connectivity index (χ0n) is 16.0. The highest BCUT2D eigenvalue weighted by Crippen LogP contribution is 2.53. The van der Waals surface area contributed by atoms with Crippen molar-refractivity contribution in [3.05, 3.63) is 67.0 Å². The number of amides is 2. The highest BCUT2D eigenvalue weighted by Gasteiger charge is 2.56. The normalized spacial score (nSPS) is 22.4. The quantitative estimate of drug-likeness (QED) is 0.512. The van der Waals surface area contributed by atoms with Gasteiger partial charge >= 0.3 is 4.87 Å². The van der Waals surface area contributed by atoms with Crippen LogP contribution in [0.15, 0.2) is 56.8 Å². The first-order valence-electron chi connectivity index (χ1n) is 9.29. The van der Waals surface area contributed by atoms with Crippen molar-refractivity contribution in [2.24, 2.45) is 5.92 Å². The van der Waals surface area contributed by atoms with Crippen LogP contribution in [0.25, 0.3) is 0 Å². The average molecular weight is 519 g/mol. The fraction of sp³-hybridized carbons (Fsp3) is 0.190. The van der Waals surface area contributed by atoms with Gasteiger partial charge in [0.25, 0.3) is 0 Å². The second-order valence-corrected chi connectivity index (χ2v) is 10.3. The molecule has 3 atom stereocenters. The number of phenolic OH excluding ortho intramolecular Hbond substituents is 1. The molecule has 1 saturated heterocycles. The lowest BCUT2D eigenvalue weighted by molar-refractivity contribution is -0.122. The van der Waals surface area contributed by atoms with Gasteiger partial charge in [0.2, 0.25) is 11.8 Å². The van der Waals surface area contributed by atoms with Crippen molar-refractivity contribution in [2.75, 3.05) is 12.0 Å². The van der Waals surface area contributed by atoms with E-state index in [4.69, 9.17) is 4.74 Å². The van der Waals surface area contributed by atoms with Crippen molar-refractivity contribution in [1.29, 1.82) is 0 Å². The Balaban J connectivity index is 1.66. The number of nitrogens with one attached hydrogen (secondary N) is 1. The highest BCUT2D eigenvalue weighted by atomic mass is 79.9. The number of aromatic nitrogens is 1. The van der Waals surface area contributed by atoms with Gasteiger partial charge in [0.05, 0.1) is 23.7 Å². The van der Waals surface area contributed by atoms with E-state index in [1.54, 1.807) is 36.4 Å². The van der Waals surface area contributed by atoms with Crippen LogP contribution in [0.1, 0.15) is 16.4 Å². The number of benzene rings is 2. The lowest BCUT2D eigenvalue weighted by Crippen LogP contribution is -2.32. The summed E-state index contributed by atoms with van der Waals surface area (Å²) in [6.45, 7) is 0. The molecule has 3 heterocycles. The van der Waals surface area contributed by atoms with Gasteiger partial charge in [0, 0.05) is 15.3 Å². The molecule has 2 N–H and O–H groups in total. The molecule has 2 aliphatic rings. The molecule has 1 aromatic heterocycles. The molecular formula is C21H15BrN2O5S2. The highest BCUT2D eigenvalue weighted by molar-refractivity contribution is 9.10. The summed E-state index contributed by atoms with van der Waals surface area (Å²) in [5.41, 5.74) is 1.20. The fourth-order valence-corrected chi connectivity index (χ4v) is 6.89. The largest absolute Gasteiger partial charge is 0.504 e. The number of hydrogen-bond acceptors (Lipinski definition) is 7. The predicted molar refractivity (Wildman–Crippen MR) is 121 cm³/mol. The smallest absolute Gasteiger partial charge is 0.305 e. The minimum atomic E-state index is -0.686. The Morgan fingerprint density at radius 3 is 2.55 bits per heavy atom. The number of fused-ring (bicyclic) bond motifs is 2. The number of rotatable bonds is 3. The number of nitrogens with zero attached hydrogens (tertiary/aromatic N) is 1. The Kier molecular flexibility index (Phi) is 4.95. The number of aromatic hydroxyl groups is 1. The minimum absolute atomic E-state index is 0.0271. The number of thiazole rings is 1. The number of H-pyrrole nitrogens is 1.